The number of hydrogen-bond donors (Lipinski definition) is 2. The number of methoxy groups -OCH3 is 1. The van der Waals surface area contributed by atoms with Gasteiger partial charge in [-0.3, -0.25) is 4.90 Å². The summed E-state index contributed by atoms with van der Waals surface area (Å²) in [5, 5.41) is 12.5. The van der Waals surface area contributed by atoms with Gasteiger partial charge >= 0.3 is 12.1 Å². The number of nitrogens with zero attached hydrogens (tertiary/aromatic N) is 1. The van der Waals surface area contributed by atoms with E-state index in [4.69, 9.17) is 9.47 Å². The van der Waals surface area contributed by atoms with Crippen LogP contribution in [0, 0.1) is 0 Å². The summed E-state index contributed by atoms with van der Waals surface area (Å²) in [6.07, 6.45) is -0.686. The van der Waals surface area contributed by atoms with E-state index in [0.29, 0.717) is 13.1 Å². The third-order valence-electron chi connectivity index (χ3n) is 4.46. The smallest absolute Gasteiger partial charge is 0.408 e. The first-order chi connectivity index (χ1) is 13.1. The number of rotatable bonds is 6. The maximum Gasteiger partial charge on any atom is 0.408 e. The monoisotopic (exact) mass is 370 g/mol. The Balaban J connectivity index is 1.57. The van der Waals surface area contributed by atoms with E-state index >= 15 is 0 Å². The normalized spacial score (nSPS) is 14.3. The Labute approximate surface area is 157 Å². The van der Waals surface area contributed by atoms with Gasteiger partial charge in [-0.1, -0.05) is 42.5 Å². The summed E-state index contributed by atoms with van der Waals surface area (Å²) in [4.78, 5) is 26.1. The number of alkyl carbamates (subject to hydrolysis) is 1. The molecule has 27 heavy (non-hydrogen) atoms. The molecule has 0 spiro atoms. The Morgan fingerprint density at radius 2 is 1.93 bits per heavy atom. The molecule has 3 rings (SSSR count). The summed E-state index contributed by atoms with van der Waals surface area (Å²) in [6, 6.07) is 13.8. The molecule has 142 valence electrons. The third kappa shape index (κ3) is 4.77. The van der Waals surface area contributed by atoms with Crippen LogP contribution in [0.5, 0.6) is 5.75 Å². The minimum Gasteiger partial charge on any atom is -0.508 e. The zero-order valence-corrected chi connectivity index (χ0v) is 15.1. The first kappa shape index (κ1) is 18.7. The van der Waals surface area contributed by atoms with Gasteiger partial charge in [-0.15, -0.1) is 0 Å². The van der Waals surface area contributed by atoms with Crippen LogP contribution in [0.15, 0.2) is 48.5 Å². The van der Waals surface area contributed by atoms with Crippen LogP contribution >= 0.6 is 0 Å². The standard InChI is InChI=1S/C20H22N2O5/c1-26-19(24)17(21-20(25)27-13-14-6-3-2-4-7-14)12-22-10-15-8-5-9-18(23)16(15)11-22/h2-9,17,23H,10-13H2,1H3,(H,21,25). The van der Waals surface area contributed by atoms with Crippen molar-refractivity contribution in [3.63, 3.8) is 0 Å². The fourth-order valence-electron chi connectivity index (χ4n) is 3.09. The second-order valence-electron chi connectivity index (χ2n) is 6.37. The molecule has 2 aromatic rings. The minimum absolute atomic E-state index is 0.115. The Morgan fingerprint density at radius 1 is 1.15 bits per heavy atom. The Bertz CT molecular complexity index is 809. The highest BCUT2D eigenvalue weighted by molar-refractivity contribution is 5.81. The Morgan fingerprint density at radius 3 is 2.63 bits per heavy atom. The molecule has 0 fully saturated rings. The number of amides is 1. The number of ether oxygens (including phenoxy) is 2. The molecule has 1 heterocycles. The Kier molecular flexibility index (Phi) is 5.93. The molecular weight excluding hydrogens is 348 g/mol. The molecule has 1 aliphatic rings. The first-order valence-corrected chi connectivity index (χ1v) is 8.64. The van der Waals surface area contributed by atoms with Crippen molar-refractivity contribution in [2.45, 2.75) is 25.7 Å². The zero-order valence-electron chi connectivity index (χ0n) is 15.1. The predicted octanol–water partition coefficient (Wildman–Crippen LogP) is 2.18. The average molecular weight is 370 g/mol. The molecule has 0 saturated carbocycles. The van der Waals surface area contributed by atoms with Gasteiger partial charge in [0, 0.05) is 25.2 Å². The van der Waals surface area contributed by atoms with Crippen molar-refractivity contribution in [2.75, 3.05) is 13.7 Å². The number of benzene rings is 2. The lowest BCUT2D eigenvalue weighted by molar-refractivity contribution is -0.143. The van der Waals surface area contributed by atoms with Gasteiger partial charge in [0.15, 0.2) is 0 Å². The summed E-state index contributed by atoms with van der Waals surface area (Å²) in [5.41, 5.74) is 2.70. The number of fused-ring (bicyclic) bond motifs is 1. The summed E-state index contributed by atoms with van der Waals surface area (Å²) in [6.45, 7) is 1.44. The topological polar surface area (TPSA) is 88.1 Å². The highest BCUT2D eigenvalue weighted by atomic mass is 16.6. The highest BCUT2D eigenvalue weighted by Crippen LogP contribution is 2.29. The van der Waals surface area contributed by atoms with E-state index in [0.717, 1.165) is 16.7 Å². The van der Waals surface area contributed by atoms with E-state index in [9.17, 15) is 14.7 Å². The summed E-state index contributed by atoms with van der Waals surface area (Å²) in [5.74, 6) is -0.313. The van der Waals surface area contributed by atoms with Crippen LogP contribution in [0.1, 0.15) is 16.7 Å². The molecule has 1 amide bonds. The maximum absolute atomic E-state index is 12.1. The molecule has 7 heteroatoms. The lowest BCUT2D eigenvalue weighted by Gasteiger charge is -2.22. The number of aromatic hydroxyl groups is 1. The number of esters is 1. The molecule has 0 radical (unpaired) electrons. The van der Waals surface area contributed by atoms with E-state index in [2.05, 4.69) is 5.32 Å². The number of nitrogens with one attached hydrogen (secondary N) is 1. The van der Waals surface area contributed by atoms with Crippen LogP contribution in [-0.4, -0.2) is 41.8 Å². The minimum atomic E-state index is -0.866. The molecule has 0 aromatic heterocycles. The molecule has 0 saturated heterocycles. The van der Waals surface area contributed by atoms with Gasteiger partial charge in [0.05, 0.1) is 7.11 Å². The maximum atomic E-state index is 12.1. The van der Waals surface area contributed by atoms with E-state index in [-0.39, 0.29) is 18.9 Å². The largest absolute Gasteiger partial charge is 0.508 e. The van der Waals surface area contributed by atoms with Crippen molar-refractivity contribution in [1.29, 1.82) is 0 Å². The number of carbonyl (C=O) groups excluding carboxylic acids is 2. The molecule has 1 aliphatic heterocycles. The van der Waals surface area contributed by atoms with Gasteiger partial charge in [0.25, 0.3) is 0 Å². The van der Waals surface area contributed by atoms with Gasteiger partial charge in [-0.2, -0.15) is 0 Å². The van der Waals surface area contributed by atoms with Crippen molar-refractivity contribution in [3.05, 3.63) is 65.2 Å². The van der Waals surface area contributed by atoms with Crippen LogP contribution in [0.25, 0.3) is 0 Å². The van der Waals surface area contributed by atoms with Crippen molar-refractivity contribution in [2.24, 2.45) is 0 Å². The van der Waals surface area contributed by atoms with Crippen LogP contribution in [0.3, 0.4) is 0 Å². The van der Waals surface area contributed by atoms with Crippen molar-refractivity contribution < 1.29 is 24.2 Å². The van der Waals surface area contributed by atoms with Crippen molar-refractivity contribution in [1.82, 2.24) is 10.2 Å². The Hall–Kier alpha value is -3.06. The highest BCUT2D eigenvalue weighted by Gasteiger charge is 2.29. The quantitative estimate of drug-likeness (QED) is 0.758. The van der Waals surface area contributed by atoms with Gasteiger partial charge < -0.3 is 19.9 Å². The van der Waals surface area contributed by atoms with Crippen LogP contribution < -0.4 is 5.32 Å². The molecule has 1 unspecified atom stereocenters. The number of hydrogen-bond acceptors (Lipinski definition) is 6. The van der Waals surface area contributed by atoms with Gasteiger partial charge in [-0.25, -0.2) is 9.59 Å². The van der Waals surface area contributed by atoms with E-state index in [1.807, 2.05) is 41.3 Å². The van der Waals surface area contributed by atoms with E-state index in [1.54, 1.807) is 12.1 Å². The van der Waals surface area contributed by atoms with Gasteiger partial charge in [0.2, 0.25) is 0 Å². The number of phenolic OH excluding ortho intramolecular Hbond substituents is 1. The summed E-state index contributed by atoms with van der Waals surface area (Å²) >= 11 is 0. The van der Waals surface area contributed by atoms with E-state index < -0.39 is 18.1 Å². The molecule has 0 bridgehead atoms. The molecule has 1 atom stereocenters. The van der Waals surface area contributed by atoms with Crippen molar-refractivity contribution in [3.8, 4) is 5.75 Å². The second kappa shape index (κ2) is 8.55. The fourth-order valence-corrected chi connectivity index (χ4v) is 3.09. The van der Waals surface area contributed by atoms with Crippen LogP contribution in [0.2, 0.25) is 0 Å². The molecule has 2 aromatic carbocycles. The lowest BCUT2D eigenvalue weighted by atomic mass is 10.1. The number of carbonyl (C=O) groups is 2. The molecule has 0 aliphatic carbocycles. The first-order valence-electron chi connectivity index (χ1n) is 8.64. The lowest BCUT2D eigenvalue weighted by Crippen LogP contribution is -2.48. The fraction of sp³-hybridized carbons (Fsp3) is 0.300. The van der Waals surface area contributed by atoms with Crippen LogP contribution in [0.4, 0.5) is 4.79 Å². The van der Waals surface area contributed by atoms with Gasteiger partial charge in [-0.05, 0) is 17.2 Å². The van der Waals surface area contributed by atoms with Crippen LogP contribution in [-0.2, 0) is 34.0 Å². The summed E-state index contributed by atoms with van der Waals surface area (Å²) < 4.78 is 9.98. The molecule has 2 N–H and O–H groups in total. The molecular formula is C20H22N2O5. The van der Waals surface area contributed by atoms with Gasteiger partial charge in [0.1, 0.15) is 18.4 Å². The average Bonchev–Trinajstić information content (AvgIpc) is 3.10. The molecule has 7 nitrogen and oxygen atoms in total. The second-order valence-corrected chi connectivity index (χ2v) is 6.37. The SMILES string of the molecule is COC(=O)C(CN1Cc2cccc(O)c2C1)NC(=O)OCc1ccccc1. The predicted molar refractivity (Wildman–Crippen MR) is 97.8 cm³/mol. The van der Waals surface area contributed by atoms with E-state index in [1.165, 1.54) is 7.11 Å². The third-order valence-corrected chi connectivity index (χ3v) is 4.46. The summed E-state index contributed by atoms with van der Waals surface area (Å²) in [7, 11) is 1.27. The van der Waals surface area contributed by atoms with Crippen molar-refractivity contribution >= 4 is 12.1 Å². The zero-order chi connectivity index (χ0) is 19.2. The number of phenols is 1.